The van der Waals surface area contributed by atoms with Gasteiger partial charge in [-0.2, -0.15) is 0 Å². The molecule has 33 heavy (non-hydrogen) atoms. The van der Waals surface area contributed by atoms with Crippen LogP contribution in [0, 0.1) is 0 Å². The molecule has 0 saturated carbocycles. The summed E-state index contributed by atoms with van der Waals surface area (Å²) in [5, 5.41) is 4.18. The number of rotatable bonds is 6. The van der Waals surface area contributed by atoms with E-state index in [4.69, 9.17) is 4.98 Å². The van der Waals surface area contributed by atoms with Crippen LogP contribution < -0.4 is 10.2 Å². The second-order valence-corrected chi connectivity index (χ2v) is 9.44. The van der Waals surface area contributed by atoms with Gasteiger partial charge in [-0.25, -0.2) is 9.97 Å². The van der Waals surface area contributed by atoms with Crippen molar-refractivity contribution in [1.29, 1.82) is 0 Å². The Kier molecular flexibility index (Phi) is 6.32. The van der Waals surface area contributed by atoms with Crippen LogP contribution in [0.3, 0.4) is 0 Å². The number of amides is 1. The summed E-state index contributed by atoms with van der Waals surface area (Å²) in [6.07, 6.45) is 2.62. The maximum atomic E-state index is 12.9. The van der Waals surface area contributed by atoms with Crippen LogP contribution in [0.2, 0.25) is 0 Å². The van der Waals surface area contributed by atoms with Crippen LogP contribution in [0.5, 0.6) is 0 Å². The minimum Gasteiger partial charge on any atom is -0.354 e. The molecule has 0 bridgehead atoms. The summed E-state index contributed by atoms with van der Waals surface area (Å²) in [6, 6.07) is 22.1. The molecule has 1 saturated heterocycles. The molecule has 1 atom stereocenters. The standard InChI is InChI=1S/C26H27N5OS/c1-19(30-14-16-31(17-15-30)24-8-4-5-13-27-24)26(32)28-21-11-9-20(10-12-21)18-25-29-22-6-2-3-7-23(22)33-25/h2-13,19H,14-18H2,1H3,(H,28,32)/t19-/m1/s1. The van der Waals surface area contributed by atoms with Gasteiger partial charge in [0.05, 0.1) is 21.3 Å². The highest BCUT2D eigenvalue weighted by Crippen LogP contribution is 2.24. The van der Waals surface area contributed by atoms with E-state index >= 15 is 0 Å². The fourth-order valence-corrected chi connectivity index (χ4v) is 5.17. The van der Waals surface area contributed by atoms with Crippen molar-refractivity contribution in [2.75, 3.05) is 36.4 Å². The topological polar surface area (TPSA) is 61.4 Å². The zero-order chi connectivity index (χ0) is 22.6. The van der Waals surface area contributed by atoms with E-state index in [1.807, 2.05) is 61.7 Å². The first-order valence-corrected chi connectivity index (χ1v) is 12.1. The first-order chi connectivity index (χ1) is 16.2. The van der Waals surface area contributed by atoms with Crippen LogP contribution in [0.1, 0.15) is 17.5 Å². The largest absolute Gasteiger partial charge is 0.354 e. The Bertz CT molecular complexity index is 1180. The first-order valence-electron chi connectivity index (χ1n) is 11.3. The third kappa shape index (κ3) is 5.05. The average molecular weight is 458 g/mol. The number of anilines is 2. The molecule has 3 heterocycles. The number of carbonyl (C=O) groups excluding carboxylic acids is 1. The van der Waals surface area contributed by atoms with Crippen molar-refractivity contribution >= 4 is 39.0 Å². The van der Waals surface area contributed by atoms with Gasteiger partial charge in [-0.15, -0.1) is 11.3 Å². The van der Waals surface area contributed by atoms with Crippen LogP contribution in [0.4, 0.5) is 11.5 Å². The van der Waals surface area contributed by atoms with Gasteiger partial charge in [0.15, 0.2) is 0 Å². The fourth-order valence-electron chi connectivity index (χ4n) is 4.17. The number of thiazole rings is 1. The summed E-state index contributed by atoms with van der Waals surface area (Å²) in [6.45, 7) is 5.40. The monoisotopic (exact) mass is 457 g/mol. The predicted molar refractivity (Wildman–Crippen MR) is 135 cm³/mol. The van der Waals surface area contributed by atoms with E-state index in [9.17, 15) is 4.79 Å². The van der Waals surface area contributed by atoms with E-state index in [1.165, 1.54) is 10.3 Å². The predicted octanol–water partition coefficient (Wildman–Crippen LogP) is 4.43. The lowest BCUT2D eigenvalue weighted by atomic mass is 10.1. The van der Waals surface area contributed by atoms with Crippen LogP contribution >= 0.6 is 11.3 Å². The highest BCUT2D eigenvalue weighted by atomic mass is 32.1. The summed E-state index contributed by atoms with van der Waals surface area (Å²) in [5.41, 5.74) is 3.06. The molecule has 1 aliphatic rings. The summed E-state index contributed by atoms with van der Waals surface area (Å²) in [5.74, 6) is 1.03. The highest BCUT2D eigenvalue weighted by molar-refractivity contribution is 7.18. The summed E-state index contributed by atoms with van der Waals surface area (Å²) in [4.78, 5) is 26.5. The zero-order valence-electron chi connectivity index (χ0n) is 18.6. The molecular weight excluding hydrogens is 430 g/mol. The van der Waals surface area contributed by atoms with Gasteiger partial charge in [0.25, 0.3) is 0 Å². The fraction of sp³-hybridized carbons (Fsp3) is 0.269. The number of nitrogens with one attached hydrogen (secondary N) is 1. The van der Waals surface area contributed by atoms with Crippen molar-refractivity contribution in [2.45, 2.75) is 19.4 Å². The second-order valence-electron chi connectivity index (χ2n) is 8.33. The molecule has 6 nitrogen and oxygen atoms in total. The first kappa shape index (κ1) is 21.6. The molecule has 2 aromatic carbocycles. The molecule has 1 amide bonds. The zero-order valence-corrected chi connectivity index (χ0v) is 19.5. The van der Waals surface area contributed by atoms with Crippen molar-refractivity contribution in [2.24, 2.45) is 0 Å². The van der Waals surface area contributed by atoms with Crippen molar-refractivity contribution < 1.29 is 4.79 Å². The smallest absolute Gasteiger partial charge is 0.241 e. The van der Waals surface area contributed by atoms with E-state index in [0.29, 0.717) is 0 Å². The van der Waals surface area contributed by atoms with Gasteiger partial charge in [0.1, 0.15) is 5.82 Å². The van der Waals surface area contributed by atoms with E-state index in [1.54, 1.807) is 11.3 Å². The van der Waals surface area contributed by atoms with Gasteiger partial charge >= 0.3 is 0 Å². The molecule has 168 valence electrons. The Morgan fingerprint density at radius 1 is 1.00 bits per heavy atom. The lowest BCUT2D eigenvalue weighted by Gasteiger charge is -2.37. The van der Waals surface area contributed by atoms with Crippen LogP contribution in [0.25, 0.3) is 10.2 Å². The lowest BCUT2D eigenvalue weighted by Crippen LogP contribution is -2.53. The normalized spacial score (nSPS) is 15.5. The Labute approximate surface area is 197 Å². The molecule has 2 aromatic heterocycles. The van der Waals surface area contributed by atoms with Crippen molar-refractivity contribution in [1.82, 2.24) is 14.9 Å². The number of fused-ring (bicyclic) bond motifs is 1. The SMILES string of the molecule is C[C@H](C(=O)Nc1ccc(Cc2nc3ccccc3s2)cc1)N1CCN(c2ccccn2)CC1. The molecule has 4 aromatic rings. The van der Waals surface area contributed by atoms with Crippen LogP contribution in [0.15, 0.2) is 72.9 Å². The number of hydrogen-bond acceptors (Lipinski definition) is 6. The number of piperazine rings is 1. The summed E-state index contributed by atoms with van der Waals surface area (Å²) < 4.78 is 1.21. The molecule has 0 aliphatic carbocycles. The molecule has 1 fully saturated rings. The maximum Gasteiger partial charge on any atom is 0.241 e. The quantitative estimate of drug-likeness (QED) is 0.464. The van der Waals surface area contributed by atoms with Gasteiger partial charge in [-0.1, -0.05) is 30.3 Å². The number of nitrogens with zero attached hydrogens (tertiary/aromatic N) is 4. The van der Waals surface area contributed by atoms with Gasteiger partial charge in [-0.3, -0.25) is 9.69 Å². The number of para-hydroxylation sites is 1. The number of carbonyl (C=O) groups is 1. The molecule has 1 N–H and O–H groups in total. The van der Waals surface area contributed by atoms with E-state index < -0.39 is 0 Å². The van der Waals surface area contributed by atoms with E-state index in [0.717, 1.165) is 54.6 Å². The molecule has 0 unspecified atom stereocenters. The Balaban J connectivity index is 1.14. The minimum absolute atomic E-state index is 0.0280. The summed E-state index contributed by atoms with van der Waals surface area (Å²) >= 11 is 1.73. The summed E-state index contributed by atoms with van der Waals surface area (Å²) in [7, 11) is 0. The van der Waals surface area contributed by atoms with Crippen molar-refractivity contribution in [3.63, 3.8) is 0 Å². The molecule has 0 spiro atoms. The van der Waals surface area contributed by atoms with Gasteiger partial charge in [-0.05, 0) is 48.9 Å². The van der Waals surface area contributed by atoms with Crippen LogP contribution in [-0.4, -0.2) is 53.0 Å². The maximum absolute atomic E-state index is 12.9. The van der Waals surface area contributed by atoms with Gasteiger partial charge in [0, 0.05) is 44.5 Å². The number of hydrogen-bond donors (Lipinski definition) is 1. The third-order valence-corrected chi connectivity index (χ3v) is 7.17. The molecular formula is C26H27N5OS. The Hall–Kier alpha value is -3.29. The number of benzene rings is 2. The highest BCUT2D eigenvalue weighted by Gasteiger charge is 2.26. The second kappa shape index (κ2) is 9.68. The Morgan fingerprint density at radius 3 is 2.48 bits per heavy atom. The van der Waals surface area contributed by atoms with Crippen LogP contribution in [-0.2, 0) is 11.2 Å². The van der Waals surface area contributed by atoms with Crippen molar-refractivity contribution in [3.05, 3.63) is 83.5 Å². The number of aromatic nitrogens is 2. The average Bonchev–Trinajstić information content (AvgIpc) is 3.28. The third-order valence-electron chi connectivity index (χ3n) is 6.13. The van der Waals surface area contributed by atoms with Crippen molar-refractivity contribution in [3.8, 4) is 0 Å². The van der Waals surface area contributed by atoms with Gasteiger partial charge < -0.3 is 10.2 Å². The van der Waals surface area contributed by atoms with E-state index in [2.05, 4.69) is 38.3 Å². The molecule has 0 radical (unpaired) electrons. The minimum atomic E-state index is -0.182. The molecule has 1 aliphatic heterocycles. The molecule has 7 heteroatoms. The number of pyridine rings is 1. The Morgan fingerprint density at radius 2 is 1.76 bits per heavy atom. The lowest BCUT2D eigenvalue weighted by molar-refractivity contribution is -0.120. The van der Waals surface area contributed by atoms with E-state index in [-0.39, 0.29) is 11.9 Å². The van der Waals surface area contributed by atoms with Gasteiger partial charge in [0.2, 0.25) is 5.91 Å². The molecule has 5 rings (SSSR count).